The van der Waals surface area contributed by atoms with Gasteiger partial charge in [0.05, 0.1) is 19.8 Å². The minimum Gasteiger partial charge on any atom is -0.463 e. The topological polar surface area (TPSA) is 66.4 Å². The van der Waals surface area contributed by atoms with Gasteiger partial charge in [-0.2, -0.15) is 0 Å². The van der Waals surface area contributed by atoms with Crippen molar-refractivity contribution in [3.63, 3.8) is 0 Å². The van der Waals surface area contributed by atoms with Crippen LogP contribution >= 0.6 is 0 Å². The van der Waals surface area contributed by atoms with Gasteiger partial charge in [0.25, 0.3) is 0 Å². The van der Waals surface area contributed by atoms with Gasteiger partial charge in [0, 0.05) is 0 Å². The average molecular weight is 297 g/mol. The highest BCUT2D eigenvalue weighted by Gasteiger charge is 2.11. The summed E-state index contributed by atoms with van der Waals surface area (Å²) in [5.74, 6) is 1.17. The fourth-order valence-electron chi connectivity index (χ4n) is 1.24. The van der Waals surface area contributed by atoms with Gasteiger partial charge in [-0.25, -0.2) is 0 Å². The first-order valence-corrected chi connectivity index (χ1v) is 7.51. The van der Waals surface area contributed by atoms with Crippen LogP contribution in [0.15, 0.2) is 0 Å². The number of rotatable bonds is 9. The minimum absolute atomic E-state index is 0.246. The van der Waals surface area contributed by atoms with Crippen molar-refractivity contribution in [1.82, 2.24) is 15.0 Å². The molecule has 0 spiro atoms. The third-order valence-electron chi connectivity index (χ3n) is 2.21. The SMILES string of the molecule is CC(C)COc1nc(OCC(C)C)nc(OCC(C)C)n1. The van der Waals surface area contributed by atoms with Crippen LogP contribution in [0, 0.1) is 17.8 Å². The Morgan fingerprint density at radius 3 is 1.00 bits per heavy atom. The lowest BCUT2D eigenvalue weighted by Gasteiger charge is -2.12. The molecule has 0 fully saturated rings. The molecular weight excluding hydrogens is 270 g/mol. The van der Waals surface area contributed by atoms with Crippen molar-refractivity contribution in [3.05, 3.63) is 0 Å². The number of hydrogen-bond donors (Lipinski definition) is 0. The van der Waals surface area contributed by atoms with Crippen LogP contribution in [-0.2, 0) is 0 Å². The molecule has 0 saturated carbocycles. The Balaban J connectivity index is 2.79. The summed E-state index contributed by atoms with van der Waals surface area (Å²) in [6.07, 6.45) is 0. The zero-order chi connectivity index (χ0) is 15.8. The number of aromatic nitrogens is 3. The van der Waals surface area contributed by atoms with E-state index >= 15 is 0 Å². The van der Waals surface area contributed by atoms with Crippen molar-refractivity contribution in [2.45, 2.75) is 41.5 Å². The Hall–Kier alpha value is -1.59. The molecule has 120 valence electrons. The van der Waals surface area contributed by atoms with E-state index in [9.17, 15) is 0 Å². The van der Waals surface area contributed by atoms with Crippen molar-refractivity contribution < 1.29 is 14.2 Å². The lowest BCUT2D eigenvalue weighted by molar-refractivity contribution is 0.202. The second-order valence-electron chi connectivity index (χ2n) is 6.30. The van der Waals surface area contributed by atoms with Crippen LogP contribution in [0.25, 0.3) is 0 Å². The first kappa shape index (κ1) is 17.5. The summed E-state index contributed by atoms with van der Waals surface area (Å²) in [5, 5.41) is 0. The molecule has 0 amide bonds. The van der Waals surface area contributed by atoms with Crippen LogP contribution in [-0.4, -0.2) is 34.8 Å². The maximum atomic E-state index is 5.54. The van der Waals surface area contributed by atoms with Crippen molar-refractivity contribution >= 4 is 0 Å². The van der Waals surface area contributed by atoms with Gasteiger partial charge < -0.3 is 14.2 Å². The molecule has 0 aliphatic carbocycles. The van der Waals surface area contributed by atoms with Crippen LogP contribution in [0.3, 0.4) is 0 Å². The lowest BCUT2D eigenvalue weighted by atomic mass is 10.2. The van der Waals surface area contributed by atoms with E-state index in [-0.39, 0.29) is 18.0 Å². The Morgan fingerprint density at radius 1 is 0.571 bits per heavy atom. The van der Waals surface area contributed by atoms with Gasteiger partial charge in [-0.05, 0) is 17.8 Å². The fraction of sp³-hybridized carbons (Fsp3) is 0.800. The molecule has 0 bridgehead atoms. The van der Waals surface area contributed by atoms with Gasteiger partial charge in [0.2, 0.25) is 0 Å². The minimum atomic E-state index is 0.246. The predicted molar refractivity (Wildman–Crippen MR) is 80.8 cm³/mol. The quantitative estimate of drug-likeness (QED) is 0.698. The van der Waals surface area contributed by atoms with Crippen molar-refractivity contribution in [1.29, 1.82) is 0 Å². The number of ether oxygens (including phenoxy) is 3. The molecule has 0 aliphatic heterocycles. The van der Waals surface area contributed by atoms with Crippen LogP contribution in [0.2, 0.25) is 0 Å². The van der Waals surface area contributed by atoms with Crippen LogP contribution in [0.5, 0.6) is 18.0 Å². The Bertz CT molecular complexity index is 348. The molecule has 0 aromatic carbocycles. The van der Waals surface area contributed by atoms with Gasteiger partial charge in [-0.1, -0.05) is 41.5 Å². The molecule has 1 heterocycles. The first-order valence-electron chi connectivity index (χ1n) is 7.51. The van der Waals surface area contributed by atoms with Gasteiger partial charge in [0.1, 0.15) is 0 Å². The molecule has 0 atom stereocenters. The molecule has 1 rings (SSSR count). The summed E-state index contributed by atoms with van der Waals surface area (Å²) >= 11 is 0. The molecule has 0 aliphatic rings. The van der Waals surface area contributed by atoms with E-state index in [0.29, 0.717) is 37.6 Å². The van der Waals surface area contributed by atoms with E-state index in [4.69, 9.17) is 14.2 Å². The summed E-state index contributed by atoms with van der Waals surface area (Å²) in [6, 6.07) is 0.739. The third kappa shape index (κ3) is 7.68. The molecule has 0 unspecified atom stereocenters. The highest BCUT2D eigenvalue weighted by atomic mass is 16.5. The van der Waals surface area contributed by atoms with Crippen molar-refractivity contribution in [2.75, 3.05) is 19.8 Å². The van der Waals surface area contributed by atoms with Crippen LogP contribution < -0.4 is 14.2 Å². The summed E-state index contributed by atoms with van der Waals surface area (Å²) in [7, 11) is 0. The Labute approximate surface area is 127 Å². The van der Waals surface area contributed by atoms with E-state index in [1.54, 1.807) is 0 Å². The molecule has 21 heavy (non-hydrogen) atoms. The van der Waals surface area contributed by atoms with Gasteiger partial charge in [-0.15, -0.1) is 15.0 Å². The maximum Gasteiger partial charge on any atom is 0.325 e. The second-order valence-corrected chi connectivity index (χ2v) is 6.30. The molecule has 1 aromatic rings. The standard InChI is InChI=1S/C15H27N3O3/c1-10(2)7-19-13-16-14(20-8-11(3)4)18-15(17-13)21-9-12(5)6/h10-12H,7-9H2,1-6H3. The van der Waals surface area contributed by atoms with Gasteiger partial charge in [-0.3, -0.25) is 0 Å². The van der Waals surface area contributed by atoms with E-state index in [1.165, 1.54) is 0 Å². The molecular formula is C15H27N3O3. The number of hydrogen-bond acceptors (Lipinski definition) is 6. The normalized spacial score (nSPS) is 11.3. The first-order chi connectivity index (χ1) is 9.86. The summed E-state index contributed by atoms with van der Waals surface area (Å²) in [4.78, 5) is 12.5. The molecule has 0 N–H and O–H groups in total. The summed E-state index contributed by atoms with van der Waals surface area (Å²) < 4.78 is 16.6. The zero-order valence-electron chi connectivity index (χ0n) is 13.9. The van der Waals surface area contributed by atoms with E-state index < -0.39 is 0 Å². The summed E-state index contributed by atoms with van der Waals surface area (Å²) in [6.45, 7) is 14.0. The van der Waals surface area contributed by atoms with Crippen molar-refractivity contribution in [2.24, 2.45) is 17.8 Å². The smallest absolute Gasteiger partial charge is 0.325 e. The molecule has 6 heteroatoms. The highest BCUT2D eigenvalue weighted by molar-refractivity contribution is 5.09. The fourth-order valence-corrected chi connectivity index (χ4v) is 1.24. The van der Waals surface area contributed by atoms with Gasteiger partial charge in [0.15, 0.2) is 0 Å². The van der Waals surface area contributed by atoms with Crippen LogP contribution in [0.1, 0.15) is 41.5 Å². The largest absolute Gasteiger partial charge is 0.463 e. The second kappa shape index (κ2) is 8.64. The molecule has 6 nitrogen and oxygen atoms in total. The molecule has 1 aromatic heterocycles. The highest BCUT2D eigenvalue weighted by Crippen LogP contribution is 2.16. The monoisotopic (exact) mass is 297 g/mol. The van der Waals surface area contributed by atoms with Gasteiger partial charge >= 0.3 is 18.0 Å². The molecule has 0 radical (unpaired) electrons. The molecule has 0 saturated heterocycles. The van der Waals surface area contributed by atoms with E-state index in [1.807, 2.05) is 0 Å². The number of nitrogens with zero attached hydrogens (tertiary/aromatic N) is 3. The lowest BCUT2D eigenvalue weighted by Crippen LogP contribution is -2.13. The average Bonchev–Trinajstić information content (AvgIpc) is 2.40. The third-order valence-corrected chi connectivity index (χ3v) is 2.21. The van der Waals surface area contributed by atoms with E-state index in [0.717, 1.165) is 0 Å². The Kier molecular flexibility index (Phi) is 7.19. The maximum absolute atomic E-state index is 5.54. The zero-order valence-corrected chi connectivity index (χ0v) is 13.9. The summed E-state index contributed by atoms with van der Waals surface area (Å²) in [5.41, 5.74) is 0. The Morgan fingerprint density at radius 2 is 0.810 bits per heavy atom. The van der Waals surface area contributed by atoms with Crippen LogP contribution in [0.4, 0.5) is 0 Å². The predicted octanol–water partition coefficient (Wildman–Crippen LogP) is 2.98. The van der Waals surface area contributed by atoms with Crippen molar-refractivity contribution in [3.8, 4) is 18.0 Å². The van der Waals surface area contributed by atoms with E-state index in [2.05, 4.69) is 56.5 Å².